The molecule has 0 fully saturated rings. The predicted octanol–water partition coefficient (Wildman–Crippen LogP) is 3.58. The molecule has 2 amide bonds. The molecule has 1 heterocycles. The van der Waals surface area contributed by atoms with Gasteiger partial charge in [-0.1, -0.05) is 18.2 Å². The molecule has 1 N–H and O–H groups in total. The summed E-state index contributed by atoms with van der Waals surface area (Å²) in [4.78, 5) is 26.2. The van der Waals surface area contributed by atoms with Crippen LogP contribution in [0.15, 0.2) is 71.3 Å². The van der Waals surface area contributed by atoms with Gasteiger partial charge in [-0.15, -0.1) is 0 Å². The molecule has 2 aromatic carbocycles. The summed E-state index contributed by atoms with van der Waals surface area (Å²) in [7, 11) is 3.11. The normalized spacial score (nSPS) is 10.3. The zero-order chi connectivity index (χ0) is 20.6. The molecule has 0 aliphatic heterocycles. The SMILES string of the molecule is COc1ccc(NC(=O)CN(C)C(=O)c2occc2COc2ccccc2)cc1. The Labute approximate surface area is 168 Å². The lowest BCUT2D eigenvalue weighted by Crippen LogP contribution is -2.35. The number of nitrogens with one attached hydrogen (secondary N) is 1. The van der Waals surface area contributed by atoms with Crippen LogP contribution < -0.4 is 14.8 Å². The molecule has 0 atom stereocenters. The van der Waals surface area contributed by atoms with Crippen LogP contribution in [0, 0.1) is 0 Å². The number of ether oxygens (including phenoxy) is 2. The van der Waals surface area contributed by atoms with Crippen LogP contribution >= 0.6 is 0 Å². The van der Waals surface area contributed by atoms with Crippen LogP contribution in [0.2, 0.25) is 0 Å². The highest BCUT2D eigenvalue weighted by molar-refractivity contribution is 5.98. The van der Waals surface area contributed by atoms with E-state index in [4.69, 9.17) is 13.9 Å². The molecule has 0 aliphatic carbocycles. The van der Waals surface area contributed by atoms with E-state index in [1.807, 2.05) is 30.3 Å². The van der Waals surface area contributed by atoms with Crippen molar-refractivity contribution >= 4 is 17.5 Å². The Balaban J connectivity index is 1.57. The zero-order valence-corrected chi connectivity index (χ0v) is 16.3. The van der Waals surface area contributed by atoms with Crippen molar-refractivity contribution in [2.75, 3.05) is 26.0 Å². The van der Waals surface area contributed by atoms with E-state index in [9.17, 15) is 9.59 Å². The van der Waals surface area contributed by atoms with Gasteiger partial charge in [-0.2, -0.15) is 0 Å². The number of carbonyl (C=O) groups excluding carboxylic acids is 2. The molecule has 0 radical (unpaired) electrons. The van der Waals surface area contributed by atoms with Crippen LogP contribution in [0.1, 0.15) is 16.1 Å². The van der Waals surface area contributed by atoms with Gasteiger partial charge in [0, 0.05) is 18.3 Å². The predicted molar refractivity (Wildman–Crippen MR) is 108 cm³/mol. The minimum Gasteiger partial charge on any atom is -0.497 e. The fourth-order valence-electron chi connectivity index (χ4n) is 2.65. The summed E-state index contributed by atoms with van der Waals surface area (Å²) in [6, 6.07) is 17.9. The monoisotopic (exact) mass is 394 g/mol. The van der Waals surface area contributed by atoms with E-state index in [0.29, 0.717) is 22.7 Å². The van der Waals surface area contributed by atoms with Crippen LogP contribution in [0.4, 0.5) is 5.69 Å². The molecule has 0 spiro atoms. The molecule has 0 saturated heterocycles. The first-order chi connectivity index (χ1) is 14.1. The maximum Gasteiger partial charge on any atom is 0.290 e. The number of para-hydroxylation sites is 1. The number of furan rings is 1. The van der Waals surface area contributed by atoms with Crippen LogP contribution in [0.5, 0.6) is 11.5 Å². The van der Waals surface area contributed by atoms with Crippen molar-refractivity contribution in [1.82, 2.24) is 4.90 Å². The molecule has 1 aromatic heterocycles. The molecule has 3 rings (SSSR count). The number of hydrogen-bond acceptors (Lipinski definition) is 5. The van der Waals surface area contributed by atoms with Gasteiger partial charge in [0.05, 0.1) is 19.9 Å². The van der Waals surface area contributed by atoms with Crippen molar-refractivity contribution in [2.24, 2.45) is 0 Å². The summed E-state index contributed by atoms with van der Waals surface area (Å²) < 4.78 is 16.1. The molecule has 3 aromatic rings. The number of anilines is 1. The summed E-state index contributed by atoms with van der Waals surface area (Å²) in [5.74, 6) is 0.824. The molecule has 0 aliphatic rings. The van der Waals surface area contributed by atoms with Crippen molar-refractivity contribution < 1.29 is 23.5 Å². The summed E-state index contributed by atoms with van der Waals surface area (Å²) in [5.41, 5.74) is 1.23. The van der Waals surface area contributed by atoms with E-state index in [2.05, 4.69) is 5.32 Å². The standard InChI is InChI=1S/C22H22N2O5/c1-24(14-20(25)23-17-8-10-18(27-2)11-9-17)22(26)21-16(12-13-28-21)15-29-19-6-4-3-5-7-19/h3-13H,14-15H2,1-2H3,(H,23,25). The van der Waals surface area contributed by atoms with Gasteiger partial charge in [0.1, 0.15) is 18.1 Å². The van der Waals surface area contributed by atoms with Gasteiger partial charge in [0.2, 0.25) is 5.91 Å². The third kappa shape index (κ3) is 5.38. The van der Waals surface area contributed by atoms with Crippen LogP contribution in [-0.2, 0) is 11.4 Å². The lowest BCUT2D eigenvalue weighted by Gasteiger charge is -2.16. The minimum atomic E-state index is -0.397. The van der Waals surface area contributed by atoms with Gasteiger partial charge in [0.25, 0.3) is 5.91 Å². The van der Waals surface area contributed by atoms with Crippen LogP contribution in [-0.4, -0.2) is 37.4 Å². The summed E-state index contributed by atoms with van der Waals surface area (Å²) in [6.45, 7) is 0.0675. The molecular formula is C22H22N2O5. The third-order valence-corrected chi connectivity index (χ3v) is 4.18. The van der Waals surface area contributed by atoms with Gasteiger partial charge < -0.3 is 24.1 Å². The van der Waals surface area contributed by atoms with Crippen LogP contribution in [0.3, 0.4) is 0 Å². The number of benzene rings is 2. The maximum atomic E-state index is 12.7. The zero-order valence-electron chi connectivity index (χ0n) is 16.3. The van der Waals surface area contributed by atoms with Crippen molar-refractivity contribution in [3.8, 4) is 11.5 Å². The fraction of sp³-hybridized carbons (Fsp3) is 0.182. The van der Waals surface area contributed by atoms with Crippen molar-refractivity contribution in [1.29, 1.82) is 0 Å². The lowest BCUT2D eigenvalue weighted by atomic mass is 10.2. The van der Waals surface area contributed by atoms with Gasteiger partial charge in [-0.05, 0) is 42.5 Å². The molecular weight excluding hydrogens is 372 g/mol. The van der Waals surface area contributed by atoms with E-state index in [1.54, 1.807) is 44.5 Å². The first kappa shape index (κ1) is 20.0. The molecule has 29 heavy (non-hydrogen) atoms. The molecule has 7 nitrogen and oxygen atoms in total. The van der Waals surface area contributed by atoms with Crippen molar-refractivity contribution in [3.05, 3.63) is 78.3 Å². The first-order valence-corrected chi connectivity index (χ1v) is 9.00. The van der Waals surface area contributed by atoms with Crippen LogP contribution in [0.25, 0.3) is 0 Å². The Morgan fingerprint density at radius 2 is 1.72 bits per heavy atom. The smallest absolute Gasteiger partial charge is 0.290 e. The van der Waals surface area contributed by atoms with E-state index >= 15 is 0 Å². The summed E-state index contributed by atoms with van der Waals surface area (Å²) in [5, 5.41) is 2.74. The Morgan fingerprint density at radius 3 is 2.41 bits per heavy atom. The van der Waals surface area contributed by atoms with Gasteiger partial charge >= 0.3 is 0 Å². The molecule has 7 heteroatoms. The van der Waals surface area contributed by atoms with Gasteiger partial charge in [-0.3, -0.25) is 9.59 Å². The second-order valence-electron chi connectivity index (χ2n) is 6.31. The van der Waals surface area contributed by atoms with E-state index in [1.165, 1.54) is 11.2 Å². The number of carbonyl (C=O) groups is 2. The Kier molecular flexibility index (Phi) is 6.52. The number of amides is 2. The molecule has 0 unspecified atom stereocenters. The largest absolute Gasteiger partial charge is 0.497 e. The molecule has 150 valence electrons. The van der Waals surface area contributed by atoms with Gasteiger partial charge in [-0.25, -0.2) is 0 Å². The molecule has 0 bridgehead atoms. The van der Waals surface area contributed by atoms with E-state index in [0.717, 1.165) is 0 Å². The number of methoxy groups -OCH3 is 1. The van der Waals surface area contributed by atoms with Crippen molar-refractivity contribution in [3.63, 3.8) is 0 Å². The Hall–Kier alpha value is -3.74. The third-order valence-electron chi connectivity index (χ3n) is 4.18. The highest BCUT2D eigenvalue weighted by Crippen LogP contribution is 2.18. The minimum absolute atomic E-state index is 0.120. The Bertz CT molecular complexity index is 951. The first-order valence-electron chi connectivity index (χ1n) is 9.00. The quantitative estimate of drug-likeness (QED) is 0.632. The topological polar surface area (TPSA) is 81.0 Å². The highest BCUT2D eigenvalue weighted by Gasteiger charge is 2.21. The highest BCUT2D eigenvalue weighted by atomic mass is 16.5. The molecule has 0 saturated carbocycles. The number of rotatable bonds is 8. The fourth-order valence-corrected chi connectivity index (χ4v) is 2.65. The average Bonchev–Trinajstić information content (AvgIpc) is 3.21. The second-order valence-corrected chi connectivity index (χ2v) is 6.31. The maximum absolute atomic E-state index is 12.7. The van der Waals surface area contributed by atoms with E-state index in [-0.39, 0.29) is 24.8 Å². The summed E-state index contributed by atoms with van der Waals surface area (Å²) in [6.07, 6.45) is 1.43. The van der Waals surface area contributed by atoms with Gasteiger partial charge in [0.15, 0.2) is 5.76 Å². The van der Waals surface area contributed by atoms with E-state index < -0.39 is 5.91 Å². The Morgan fingerprint density at radius 1 is 1.00 bits per heavy atom. The summed E-state index contributed by atoms with van der Waals surface area (Å²) >= 11 is 0. The second kappa shape index (κ2) is 9.45. The number of hydrogen-bond donors (Lipinski definition) is 1. The number of nitrogens with zero attached hydrogens (tertiary/aromatic N) is 1. The number of likely N-dealkylation sites (N-methyl/N-ethyl adjacent to an activating group) is 1. The van der Waals surface area contributed by atoms with Crippen molar-refractivity contribution in [2.45, 2.75) is 6.61 Å². The average molecular weight is 394 g/mol. The lowest BCUT2D eigenvalue weighted by molar-refractivity contribution is -0.116.